The van der Waals surface area contributed by atoms with E-state index in [1.165, 1.54) is 17.7 Å². The topological polar surface area (TPSA) is 78.3 Å². The van der Waals surface area contributed by atoms with Crippen LogP contribution in [-0.4, -0.2) is 77.5 Å². The number of carbonyl (C=O) groups excluding carboxylic acids is 2. The molecule has 0 radical (unpaired) electrons. The van der Waals surface area contributed by atoms with Crippen LogP contribution in [0.3, 0.4) is 0 Å². The van der Waals surface area contributed by atoms with Crippen molar-refractivity contribution >= 4 is 11.8 Å². The van der Waals surface area contributed by atoms with Crippen LogP contribution >= 0.6 is 0 Å². The molecule has 3 heterocycles. The molecule has 1 unspecified atom stereocenters. The Kier molecular flexibility index (Phi) is 9.95. The van der Waals surface area contributed by atoms with Crippen molar-refractivity contribution in [2.75, 3.05) is 39.4 Å². The largest absolute Gasteiger partial charge is 0.455 e. The predicted molar refractivity (Wildman–Crippen MR) is 163 cm³/mol. The first-order valence-corrected chi connectivity index (χ1v) is 15.2. The molecule has 1 N–H and O–H groups in total. The van der Waals surface area contributed by atoms with E-state index in [1.54, 1.807) is 23.1 Å². The number of carbonyl (C=O) groups is 2. The van der Waals surface area contributed by atoms with E-state index in [-0.39, 0.29) is 23.6 Å². The number of rotatable bonds is 9. The molecule has 1 aromatic heterocycles. The van der Waals surface area contributed by atoms with Gasteiger partial charge in [0.1, 0.15) is 17.6 Å². The van der Waals surface area contributed by atoms with Gasteiger partial charge in [-0.25, -0.2) is 4.39 Å². The smallest absolute Gasteiger partial charge is 0.290 e. The first-order chi connectivity index (χ1) is 20.7. The number of hydrogen-bond acceptors (Lipinski definition) is 6. The van der Waals surface area contributed by atoms with Crippen LogP contribution in [0.15, 0.2) is 71.1 Å². The number of ether oxygens (including phenoxy) is 1. The first kappa shape index (κ1) is 30.9. The number of furan rings is 1. The lowest BCUT2D eigenvalue weighted by Crippen LogP contribution is -2.54. The van der Waals surface area contributed by atoms with Crippen LogP contribution in [0.4, 0.5) is 4.39 Å². The molecule has 230 valence electrons. The third kappa shape index (κ3) is 8.31. The van der Waals surface area contributed by atoms with Gasteiger partial charge in [-0.05, 0) is 69.0 Å². The fourth-order valence-corrected chi connectivity index (χ4v) is 5.90. The van der Waals surface area contributed by atoms with Crippen LogP contribution in [0.1, 0.15) is 67.1 Å². The average molecular weight is 591 g/mol. The highest BCUT2D eigenvalue weighted by molar-refractivity contribution is 5.96. The normalized spacial score (nSPS) is 17.9. The summed E-state index contributed by atoms with van der Waals surface area (Å²) < 4.78 is 25.6. The zero-order valence-corrected chi connectivity index (χ0v) is 25.4. The number of nitrogens with zero attached hydrogens (tertiary/aromatic N) is 3. The Hall–Kier alpha value is -3.53. The van der Waals surface area contributed by atoms with Crippen LogP contribution < -0.4 is 5.32 Å². The van der Waals surface area contributed by atoms with Crippen LogP contribution in [0.5, 0.6) is 0 Å². The molecule has 3 aromatic rings. The SMILES string of the molecule is CC(C)(C)NC(=O)C(c1ccc(F)cc1)N(C(=O)c1ccc(CN2CCOCC2)o1)C1CCN(Cc2ccccc2)CC1. The number of nitrogens with one attached hydrogen (secondary N) is 1. The Bertz CT molecular complexity index is 1340. The number of hydrogen-bond donors (Lipinski definition) is 1. The summed E-state index contributed by atoms with van der Waals surface area (Å²) in [6, 6.07) is 18.6. The molecular formula is C34H43FN4O4. The average Bonchev–Trinajstić information content (AvgIpc) is 3.45. The van der Waals surface area contributed by atoms with Gasteiger partial charge in [0.05, 0.1) is 19.8 Å². The molecule has 1 atom stereocenters. The molecule has 0 aliphatic carbocycles. The molecule has 43 heavy (non-hydrogen) atoms. The molecule has 2 aliphatic heterocycles. The maximum absolute atomic E-state index is 14.4. The van der Waals surface area contributed by atoms with Crippen molar-refractivity contribution in [3.63, 3.8) is 0 Å². The van der Waals surface area contributed by atoms with E-state index in [4.69, 9.17) is 9.15 Å². The van der Waals surface area contributed by atoms with E-state index in [1.807, 2.05) is 45.0 Å². The quantitative estimate of drug-likeness (QED) is 0.378. The van der Waals surface area contributed by atoms with Gasteiger partial charge < -0.3 is 19.4 Å². The van der Waals surface area contributed by atoms with E-state index in [9.17, 15) is 14.0 Å². The fourth-order valence-electron chi connectivity index (χ4n) is 5.90. The third-order valence-electron chi connectivity index (χ3n) is 8.00. The van der Waals surface area contributed by atoms with Crippen LogP contribution in [0.2, 0.25) is 0 Å². The molecule has 0 saturated carbocycles. The molecule has 2 saturated heterocycles. The highest BCUT2D eigenvalue weighted by Crippen LogP contribution is 2.32. The summed E-state index contributed by atoms with van der Waals surface area (Å²) in [6.45, 7) is 11.6. The van der Waals surface area contributed by atoms with Crippen LogP contribution in [-0.2, 0) is 22.6 Å². The molecular weight excluding hydrogens is 547 g/mol. The van der Waals surface area contributed by atoms with Gasteiger partial charge in [-0.1, -0.05) is 42.5 Å². The van der Waals surface area contributed by atoms with Gasteiger partial charge in [0.15, 0.2) is 5.76 Å². The summed E-state index contributed by atoms with van der Waals surface area (Å²) in [4.78, 5) is 34.7. The van der Waals surface area contributed by atoms with Gasteiger partial charge in [-0.15, -0.1) is 0 Å². The van der Waals surface area contributed by atoms with E-state index in [2.05, 4.69) is 27.2 Å². The molecule has 2 aromatic carbocycles. The number of halogens is 1. The molecule has 8 nitrogen and oxygen atoms in total. The summed E-state index contributed by atoms with van der Waals surface area (Å²) in [6.07, 6.45) is 1.39. The van der Waals surface area contributed by atoms with Gasteiger partial charge >= 0.3 is 0 Å². The molecule has 2 amide bonds. The highest BCUT2D eigenvalue weighted by atomic mass is 19.1. The Morgan fingerprint density at radius 1 is 0.907 bits per heavy atom. The first-order valence-electron chi connectivity index (χ1n) is 15.2. The van der Waals surface area contributed by atoms with E-state index in [0.717, 1.165) is 32.7 Å². The van der Waals surface area contributed by atoms with Crippen molar-refractivity contribution in [2.45, 2.75) is 64.3 Å². The molecule has 2 aliphatic rings. The Labute approximate surface area is 253 Å². The Balaban J connectivity index is 1.43. The minimum absolute atomic E-state index is 0.200. The lowest BCUT2D eigenvalue weighted by Gasteiger charge is -2.42. The fraction of sp³-hybridized carbons (Fsp3) is 0.471. The third-order valence-corrected chi connectivity index (χ3v) is 8.00. The Morgan fingerprint density at radius 2 is 1.56 bits per heavy atom. The zero-order valence-electron chi connectivity index (χ0n) is 25.4. The number of benzene rings is 2. The molecule has 2 fully saturated rings. The zero-order chi connectivity index (χ0) is 30.4. The number of amides is 2. The van der Waals surface area contributed by atoms with Crippen molar-refractivity contribution in [3.05, 3.63) is 95.2 Å². The maximum Gasteiger partial charge on any atom is 0.290 e. The molecule has 9 heteroatoms. The van der Waals surface area contributed by atoms with Gasteiger partial charge in [-0.3, -0.25) is 19.4 Å². The van der Waals surface area contributed by atoms with E-state index >= 15 is 0 Å². The Morgan fingerprint density at radius 3 is 2.21 bits per heavy atom. The predicted octanol–water partition coefficient (Wildman–Crippen LogP) is 5.01. The second kappa shape index (κ2) is 13.8. The van der Waals surface area contributed by atoms with Crippen molar-refractivity contribution in [2.24, 2.45) is 0 Å². The van der Waals surface area contributed by atoms with Crippen LogP contribution in [0, 0.1) is 5.82 Å². The van der Waals surface area contributed by atoms with E-state index in [0.29, 0.717) is 43.9 Å². The van der Waals surface area contributed by atoms with Crippen molar-refractivity contribution in [3.8, 4) is 0 Å². The van der Waals surface area contributed by atoms with Crippen molar-refractivity contribution in [1.29, 1.82) is 0 Å². The minimum atomic E-state index is -0.953. The summed E-state index contributed by atoms with van der Waals surface area (Å²) in [7, 11) is 0. The van der Waals surface area contributed by atoms with Gasteiger partial charge in [0, 0.05) is 44.3 Å². The van der Waals surface area contributed by atoms with Gasteiger partial charge in [0.25, 0.3) is 5.91 Å². The van der Waals surface area contributed by atoms with Crippen molar-refractivity contribution in [1.82, 2.24) is 20.0 Å². The molecule has 0 bridgehead atoms. The van der Waals surface area contributed by atoms with Crippen molar-refractivity contribution < 1.29 is 23.1 Å². The van der Waals surface area contributed by atoms with Gasteiger partial charge in [0.2, 0.25) is 5.91 Å². The lowest BCUT2D eigenvalue weighted by molar-refractivity contribution is -0.128. The molecule has 5 rings (SSSR count). The summed E-state index contributed by atoms with van der Waals surface area (Å²) >= 11 is 0. The highest BCUT2D eigenvalue weighted by Gasteiger charge is 2.40. The standard InChI is InChI=1S/C34H43FN4O4/c1-34(2,3)36-32(40)31(26-9-11-27(35)12-10-26)39(28-15-17-37(18-16-28)23-25-7-5-4-6-8-25)33(41)30-14-13-29(43-30)24-38-19-21-42-22-20-38/h4-14,28,31H,15-24H2,1-3H3,(H,36,40). The second-order valence-electron chi connectivity index (χ2n) is 12.6. The van der Waals surface area contributed by atoms with E-state index < -0.39 is 17.4 Å². The lowest BCUT2D eigenvalue weighted by atomic mass is 9.95. The summed E-state index contributed by atoms with van der Waals surface area (Å²) in [5.74, 6) is -0.150. The van der Waals surface area contributed by atoms with Gasteiger partial charge in [-0.2, -0.15) is 0 Å². The number of piperidine rings is 1. The number of likely N-dealkylation sites (tertiary alicyclic amines) is 1. The maximum atomic E-state index is 14.4. The monoisotopic (exact) mass is 590 g/mol. The second-order valence-corrected chi connectivity index (χ2v) is 12.6. The summed E-state index contributed by atoms with van der Waals surface area (Å²) in [5.41, 5.74) is 1.27. The molecule has 0 spiro atoms. The summed E-state index contributed by atoms with van der Waals surface area (Å²) in [5, 5.41) is 3.07. The minimum Gasteiger partial charge on any atom is -0.455 e. The number of morpholine rings is 1. The van der Waals surface area contributed by atoms with Crippen LogP contribution in [0.25, 0.3) is 0 Å².